The summed E-state index contributed by atoms with van der Waals surface area (Å²) in [4.78, 5) is 24.1. The molecule has 0 aromatic heterocycles. The molecule has 156 valence electrons. The summed E-state index contributed by atoms with van der Waals surface area (Å²) < 4.78 is 27.9. The number of alkyl halides is 2. The third-order valence-corrected chi connectivity index (χ3v) is 4.70. The molecule has 2 rings (SSSR count). The number of carboxylic acid groups (broad SMARTS) is 1. The first kappa shape index (κ1) is 22.6. The third-order valence-electron chi connectivity index (χ3n) is 4.70. The molecule has 7 heteroatoms. The lowest BCUT2D eigenvalue weighted by atomic mass is 10.1. The van der Waals surface area contributed by atoms with Crippen LogP contribution in [0.4, 0.5) is 8.78 Å². The number of aromatic carboxylic acids is 1. The van der Waals surface area contributed by atoms with Gasteiger partial charge in [0, 0.05) is 25.8 Å². The number of carbonyl (C=O) groups excluding carboxylic acids is 1. The molecule has 0 aliphatic carbocycles. The molecular weight excluding hydrogens is 380 g/mol. The largest absolute Gasteiger partial charge is 0.478 e. The van der Waals surface area contributed by atoms with Gasteiger partial charge in [-0.1, -0.05) is 31.2 Å². The van der Waals surface area contributed by atoms with Crippen molar-refractivity contribution in [2.75, 3.05) is 6.54 Å². The Morgan fingerprint density at radius 3 is 2.66 bits per heavy atom. The van der Waals surface area contributed by atoms with E-state index in [2.05, 4.69) is 11.8 Å². The molecule has 1 heterocycles. The second-order valence-corrected chi connectivity index (χ2v) is 6.92. The van der Waals surface area contributed by atoms with Crippen LogP contribution in [-0.2, 0) is 11.2 Å². The average molecular weight is 405 g/mol. The molecule has 0 radical (unpaired) electrons. The predicted molar refractivity (Wildman–Crippen MR) is 105 cm³/mol. The Morgan fingerprint density at radius 1 is 1.34 bits per heavy atom. The minimum Gasteiger partial charge on any atom is -0.478 e. The molecule has 5 nitrogen and oxygen atoms in total. The number of hydrogen-bond acceptors (Lipinski definition) is 3. The van der Waals surface area contributed by atoms with Crippen molar-refractivity contribution in [3.8, 4) is 11.8 Å². The van der Waals surface area contributed by atoms with Gasteiger partial charge in [0.05, 0.1) is 17.7 Å². The van der Waals surface area contributed by atoms with Crippen molar-refractivity contribution >= 4 is 11.9 Å². The van der Waals surface area contributed by atoms with Crippen LogP contribution >= 0.6 is 0 Å². The third kappa shape index (κ3) is 6.40. The topological polar surface area (TPSA) is 77.8 Å². The fraction of sp³-hybridized carbons (Fsp3) is 0.455. The van der Waals surface area contributed by atoms with Crippen molar-refractivity contribution < 1.29 is 28.6 Å². The minimum atomic E-state index is -3.43. The van der Waals surface area contributed by atoms with Crippen LogP contribution in [0.15, 0.2) is 36.4 Å². The second-order valence-electron chi connectivity index (χ2n) is 6.92. The van der Waals surface area contributed by atoms with Crippen LogP contribution in [0.5, 0.6) is 0 Å². The Hall–Kier alpha value is -2.72. The molecule has 2 unspecified atom stereocenters. The summed E-state index contributed by atoms with van der Waals surface area (Å²) in [5.74, 6) is 0.102. The van der Waals surface area contributed by atoms with Crippen LogP contribution in [0.1, 0.15) is 48.5 Å². The molecule has 2 atom stereocenters. The highest BCUT2D eigenvalue weighted by Gasteiger charge is 2.52. The molecule has 0 bridgehead atoms. The van der Waals surface area contributed by atoms with Gasteiger partial charge in [-0.15, -0.1) is 11.8 Å². The second kappa shape index (κ2) is 10.2. The minimum absolute atomic E-state index is 0.0773. The lowest BCUT2D eigenvalue weighted by molar-refractivity contribution is -0.148. The quantitative estimate of drug-likeness (QED) is 0.514. The van der Waals surface area contributed by atoms with Gasteiger partial charge >= 0.3 is 11.9 Å². The molecule has 0 saturated carbocycles. The van der Waals surface area contributed by atoms with Gasteiger partial charge in [0.15, 0.2) is 0 Å². The van der Waals surface area contributed by atoms with Crippen LogP contribution in [0, 0.1) is 11.8 Å². The van der Waals surface area contributed by atoms with Gasteiger partial charge < -0.3 is 15.1 Å². The maximum absolute atomic E-state index is 13.9. The molecule has 1 fully saturated rings. The zero-order valence-corrected chi connectivity index (χ0v) is 16.3. The van der Waals surface area contributed by atoms with E-state index in [0.29, 0.717) is 19.3 Å². The number of nitrogens with zero attached hydrogens (tertiary/aromatic N) is 1. The molecular formula is C22H25F2NO4. The number of halogens is 2. The molecule has 2 N–H and O–H groups in total. The van der Waals surface area contributed by atoms with Crippen molar-refractivity contribution in [3.63, 3.8) is 0 Å². The summed E-state index contributed by atoms with van der Waals surface area (Å²) >= 11 is 0. The number of amides is 1. The Labute approximate surface area is 169 Å². The van der Waals surface area contributed by atoms with E-state index in [0.717, 1.165) is 16.9 Å². The summed E-state index contributed by atoms with van der Waals surface area (Å²) in [6.07, 6.45) is 3.44. The van der Waals surface area contributed by atoms with E-state index >= 15 is 0 Å². The lowest BCUT2D eigenvalue weighted by Gasteiger charge is -2.22. The molecule has 1 aromatic carbocycles. The number of aliphatic hydroxyl groups is 1. The first-order valence-electron chi connectivity index (χ1n) is 9.58. The normalized spacial score (nSPS) is 19.2. The van der Waals surface area contributed by atoms with E-state index in [1.165, 1.54) is 24.3 Å². The summed E-state index contributed by atoms with van der Waals surface area (Å²) in [6, 6.07) is 5.29. The van der Waals surface area contributed by atoms with Crippen LogP contribution in [0.25, 0.3) is 0 Å². The molecule has 1 amide bonds. The number of carbonyl (C=O) groups is 2. The van der Waals surface area contributed by atoms with E-state index in [1.54, 1.807) is 12.1 Å². The highest BCUT2D eigenvalue weighted by atomic mass is 19.3. The zero-order chi connectivity index (χ0) is 21.4. The molecule has 1 aliphatic heterocycles. The van der Waals surface area contributed by atoms with Crippen LogP contribution in [-0.4, -0.2) is 51.6 Å². The molecule has 29 heavy (non-hydrogen) atoms. The number of rotatable bonds is 8. The van der Waals surface area contributed by atoms with E-state index in [1.807, 2.05) is 6.92 Å². The number of hydrogen-bond donors (Lipinski definition) is 2. The zero-order valence-electron chi connectivity index (χ0n) is 16.3. The van der Waals surface area contributed by atoms with Gasteiger partial charge in [-0.25, -0.2) is 4.79 Å². The molecule has 1 saturated heterocycles. The number of benzene rings is 1. The summed E-state index contributed by atoms with van der Waals surface area (Å²) in [7, 11) is 0. The van der Waals surface area contributed by atoms with Crippen molar-refractivity contribution in [2.24, 2.45) is 0 Å². The van der Waals surface area contributed by atoms with Crippen LogP contribution in [0.2, 0.25) is 0 Å². The average Bonchev–Trinajstić information content (AvgIpc) is 2.91. The number of carboxylic acids is 1. The van der Waals surface area contributed by atoms with Crippen molar-refractivity contribution in [1.82, 2.24) is 4.90 Å². The number of likely N-dealkylation sites (tertiary alicyclic amines) is 1. The van der Waals surface area contributed by atoms with E-state index < -0.39 is 36.4 Å². The Balaban J connectivity index is 2.00. The maximum Gasteiger partial charge on any atom is 0.335 e. The Kier molecular flexibility index (Phi) is 7.91. The van der Waals surface area contributed by atoms with Gasteiger partial charge in [0.25, 0.3) is 5.91 Å². The van der Waals surface area contributed by atoms with Gasteiger partial charge in [-0.3, -0.25) is 4.79 Å². The smallest absolute Gasteiger partial charge is 0.335 e. The van der Waals surface area contributed by atoms with Crippen molar-refractivity contribution in [1.29, 1.82) is 0 Å². The van der Waals surface area contributed by atoms with Crippen LogP contribution in [0.3, 0.4) is 0 Å². The van der Waals surface area contributed by atoms with Gasteiger partial charge in [0.1, 0.15) is 0 Å². The molecule has 1 aromatic rings. The Bertz CT molecular complexity index is 808. The highest BCUT2D eigenvalue weighted by Crippen LogP contribution is 2.34. The van der Waals surface area contributed by atoms with E-state index in [-0.39, 0.29) is 12.1 Å². The molecule has 1 aliphatic rings. The number of aliphatic hydroxyl groups excluding tert-OH is 1. The first-order chi connectivity index (χ1) is 13.7. The fourth-order valence-corrected chi connectivity index (χ4v) is 3.11. The van der Waals surface area contributed by atoms with E-state index in [9.17, 15) is 23.5 Å². The van der Waals surface area contributed by atoms with Crippen molar-refractivity contribution in [2.45, 2.75) is 57.1 Å². The summed E-state index contributed by atoms with van der Waals surface area (Å²) in [6.45, 7) is 2.00. The Morgan fingerprint density at radius 2 is 2.03 bits per heavy atom. The van der Waals surface area contributed by atoms with Gasteiger partial charge in [-0.05, 0) is 30.5 Å². The maximum atomic E-state index is 13.9. The summed E-state index contributed by atoms with van der Waals surface area (Å²) in [5.41, 5.74) is 0.881. The van der Waals surface area contributed by atoms with Gasteiger partial charge in [0.2, 0.25) is 0 Å². The van der Waals surface area contributed by atoms with E-state index in [4.69, 9.17) is 5.11 Å². The monoisotopic (exact) mass is 405 g/mol. The standard InChI is InChI=1S/C22H25F2NO4/c1-2-3-4-5-6-19(26)12-11-18-15-22(23,24)21(29)25(18)14-13-16-7-9-17(10-8-16)20(27)28/h7-12,18-19,26H,2,5-6,13-15H2,1H3,(H,27,28). The van der Waals surface area contributed by atoms with Gasteiger partial charge in [-0.2, -0.15) is 8.78 Å². The molecule has 0 spiro atoms. The highest BCUT2D eigenvalue weighted by molar-refractivity contribution is 5.87. The SMILES string of the molecule is CCC#CCCC(O)C=CC1CC(F)(F)C(=O)N1CCc1ccc(C(=O)O)cc1. The first-order valence-corrected chi connectivity index (χ1v) is 9.58. The predicted octanol–water partition coefficient (Wildman–Crippen LogP) is 3.27. The van der Waals surface area contributed by atoms with Crippen molar-refractivity contribution in [3.05, 3.63) is 47.5 Å². The summed E-state index contributed by atoms with van der Waals surface area (Å²) in [5, 5.41) is 18.9. The van der Waals surface area contributed by atoms with Crippen LogP contribution < -0.4 is 0 Å². The fourth-order valence-electron chi connectivity index (χ4n) is 3.11. The lowest BCUT2D eigenvalue weighted by Crippen LogP contribution is -2.37.